The molecular weight excluding hydrogens is 161 g/mol. The van der Waals surface area contributed by atoms with Crippen molar-refractivity contribution in [2.24, 2.45) is 0 Å². The summed E-state index contributed by atoms with van der Waals surface area (Å²) in [5.41, 5.74) is 0. The average Bonchev–Trinajstić information content (AvgIpc) is 2.01. The zero-order chi connectivity index (χ0) is 8.97. The van der Waals surface area contributed by atoms with E-state index in [2.05, 4.69) is 4.74 Å². The molecule has 1 aliphatic rings. The number of hydrogen-bond acceptors (Lipinski definition) is 3. The van der Waals surface area contributed by atoms with Gasteiger partial charge in [-0.1, -0.05) is 6.08 Å². The van der Waals surface area contributed by atoms with E-state index in [4.69, 9.17) is 0 Å². The van der Waals surface area contributed by atoms with Gasteiger partial charge in [0.1, 0.15) is 6.17 Å². The fraction of sp³-hybridized carbons (Fsp3) is 0.625. The van der Waals surface area contributed by atoms with Gasteiger partial charge in [-0.15, -0.1) is 0 Å². The molecule has 0 spiro atoms. The molecule has 0 radical (unpaired) electrons. The first-order valence-corrected chi connectivity index (χ1v) is 3.83. The number of likely N-dealkylation sites (tertiary alicyclic amines) is 1. The van der Waals surface area contributed by atoms with Crippen LogP contribution in [0.1, 0.15) is 0 Å². The third kappa shape index (κ3) is 2.62. The van der Waals surface area contributed by atoms with Crippen LogP contribution in [-0.4, -0.2) is 43.8 Å². The minimum atomic E-state index is -0.684. The highest BCUT2D eigenvalue weighted by molar-refractivity contribution is 5.81. The zero-order valence-electron chi connectivity index (χ0n) is 7.00. The maximum absolute atomic E-state index is 12.3. The molecule has 0 amide bonds. The van der Waals surface area contributed by atoms with E-state index in [0.29, 0.717) is 19.6 Å². The SMILES string of the molecule is COC(=O)/C=C/CN1CC(F)C1. The number of carbonyl (C=O) groups excluding carboxylic acids is 1. The highest BCUT2D eigenvalue weighted by Gasteiger charge is 2.24. The number of esters is 1. The van der Waals surface area contributed by atoms with Gasteiger partial charge in [0.05, 0.1) is 7.11 Å². The Morgan fingerprint density at radius 2 is 2.42 bits per heavy atom. The summed E-state index contributed by atoms with van der Waals surface area (Å²) in [6.07, 6.45) is 2.35. The molecule has 1 saturated heterocycles. The predicted octanol–water partition coefficient (Wildman–Crippen LogP) is 0.369. The number of halogens is 1. The smallest absolute Gasteiger partial charge is 0.330 e. The lowest BCUT2D eigenvalue weighted by molar-refractivity contribution is -0.134. The Morgan fingerprint density at radius 1 is 1.75 bits per heavy atom. The molecule has 0 N–H and O–H groups in total. The van der Waals surface area contributed by atoms with E-state index in [0.717, 1.165) is 0 Å². The molecule has 0 saturated carbocycles. The quantitative estimate of drug-likeness (QED) is 0.456. The zero-order valence-corrected chi connectivity index (χ0v) is 7.00. The third-order valence-electron chi connectivity index (χ3n) is 1.73. The second-order valence-electron chi connectivity index (χ2n) is 2.74. The summed E-state index contributed by atoms with van der Waals surface area (Å²) >= 11 is 0. The summed E-state index contributed by atoms with van der Waals surface area (Å²) in [5.74, 6) is -0.368. The van der Waals surface area contributed by atoms with E-state index in [9.17, 15) is 9.18 Å². The molecule has 0 bridgehead atoms. The molecule has 1 fully saturated rings. The second-order valence-corrected chi connectivity index (χ2v) is 2.74. The van der Waals surface area contributed by atoms with E-state index in [1.165, 1.54) is 13.2 Å². The number of alkyl halides is 1. The van der Waals surface area contributed by atoms with Crippen molar-refractivity contribution in [3.05, 3.63) is 12.2 Å². The molecule has 1 rings (SSSR count). The molecule has 0 aromatic carbocycles. The standard InChI is InChI=1S/C8H12FNO2/c1-12-8(11)3-2-4-10-5-7(9)6-10/h2-3,7H,4-6H2,1H3/b3-2+. The molecule has 4 heteroatoms. The molecule has 68 valence electrons. The van der Waals surface area contributed by atoms with Crippen LogP contribution in [0, 0.1) is 0 Å². The Labute approximate surface area is 70.8 Å². The summed E-state index contributed by atoms with van der Waals surface area (Å²) in [5, 5.41) is 0. The Morgan fingerprint density at radius 3 is 2.92 bits per heavy atom. The Bertz CT molecular complexity index is 187. The number of ether oxygens (including phenoxy) is 1. The number of rotatable bonds is 3. The number of hydrogen-bond donors (Lipinski definition) is 0. The predicted molar refractivity (Wildman–Crippen MR) is 42.5 cm³/mol. The summed E-state index contributed by atoms with van der Waals surface area (Å²) in [4.78, 5) is 12.5. The summed E-state index contributed by atoms with van der Waals surface area (Å²) < 4.78 is 16.6. The van der Waals surface area contributed by atoms with Crippen molar-refractivity contribution in [3.8, 4) is 0 Å². The minimum absolute atomic E-state index is 0.368. The molecule has 1 heterocycles. The Kier molecular flexibility index (Phi) is 3.22. The van der Waals surface area contributed by atoms with Gasteiger partial charge in [-0.3, -0.25) is 4.90 Å². The molecule has 0 aromatic rings. The van der Waals surface area contributed by atoms with E-state index < -0.39 is 6.17 Å². The highest BCUT2D eigenvalue weighted by atomic mass is 19.1. The molecule has 0 atom stereocenters. The van der Waals surface area contributed by atoms with Gasteiger partial charge in [0.2, 0.25) is 0 Å². The fourth-order valence-electron chi connectivity index (χ4n) is 1.02. The van der Waals surface area contributed by atoms with Crippen LogP contribution in [0.5, 0.6) is 0 Å². The van der Waals surface area contributed by atoms with Crippen molar-refractivity contribution in [2.75, 3.05) is 26.7 Å². The van der Waals surface area contributed by atoms with Gasteiger partial charge in [-0.2, -0.15) is 0 Å². The lowest BCUT2D eigenvalue weighted by atomic mass is 10.2. The van der Waals surface area contributed by atoms with Gasteiger partial charge in [-0.25, -0.2) is 9.18 Å². The van der Waals surface area contributed by atoms with Crippen LogP contribution < -0.4 is 0 Å². The van der Waals surface area contributed by atoms with Crippen molar-refractivity contribution in [1.29, 1.82) is 0 Å². The van der Waals surface area contributed by atoms with Gasteiger partial charge in [-0.05, 0) is 0 Å². The second kappa shape index (κ2) is 4.21. The van der Waals surface area contributed by atoms with Crippen LogP contribution in [-0.2, 0) is 9.53 Å². The highest BCUT2D eigenvalue weighted by Crippen LogP contribution is 2.09. The van der Waals surface area contributed by atoms with E-state index in [1.54, 1.807) is 6.08 Å². The monoisotopic (exact) mass is 173 g/mol. The fourth-order valence-corrected chi connectivity index (χ4v) is 1.02. The van der Waals surface area contributed by atoms with Gasteiger partial charge in [0, 0.05) is 25.7 Å². The van der Waals surface area contributed by atoms with Crippen molar-refractivity contribution >= 4 is 5.97 Å². The van der Waals surface area contributed by atoms with Crippen molar-refractivity contribution in [1.82, 2.24) is 4.90 Å². The summed E-state index contributed by atoms with van der Waals surface area (Å²) in [6.45, 7) is 1.58. The van der Waals surface area contributed by atoms with Crippen molar-refractivity contribution in [3.63, 3.8) is 0 Å². The first-order chi connectivity index (χ1) is 5.72. The number of nitrogens with zero attached hydrogens (tertiary/aromatic N) is 1. The molecule has 1 aliphatic heterocycles. The average molecular weight is 173 g/mol. The molecular formula is C8H12FNO2. The number of methoxy groups -OCH3 is 1. The topological polar surface area (TPSA) is 29.5 Å². The van der Waals surface area contributed by atoms with Crippen molar-refractivity contribution in [2.45, 2.75) is 6.17 Å². The van der Waals surface area contributed by atoms with Crippen LogP contribution in [0.25, 0.3) is 0 Å². The first-order valence-electron chi connectivity index (χ1n) is 3.83. The normalized spacial score (nSPS) is 19.5. The van der Waals surface area contributed by atoms with Gasteiger partial charge in [0.25, 0.3) is 0 Å². The Balaban J connectivity index is 2.09. The van der Waals surface area contributed by atoms with Gasteiger partial charge in [0.15, 0.2) is 0 Å². The van der Waals surface area contributed by atoms with E-state index in [1.807, 2.05) is 4.90 Å². The molecule has 0 unspecified atom stereocenters. The van der Waals surface area contributed by atoms with Crippen LogP contribution in [0.15, 0.2) is 12.2 Å². The third-order valence-corrected chi connectivity index (χ3v) is 1.73. The minimum Gasteiger partial charge on any atom is -0.466 e. The summed E-state index contributed by atoms with van der Waals surface area (Å²) in [6, 6.07) is 0. The first kappa shape index (κ1) is 9.19. The van der Waals surface area contributed by atoms with Crippen LogP contribution in [0.2, 0.25) is 0 Å². The van der Waals surface area contributed by atoms with Gasteiger partial charge >= 0.3 is 5.97 Å². The molecule has 3 nitrogen and oxygen atoms in total. The van der Waals surface area contributed by atoms with Gasteiger partial charge < -0.3 is 4.74 Å². The lowest BCUT2D eigenvalue weighted by Gasteiger charge is -2.33. The summed E-state index contributed by atoms with van der Waals surface area (Å²) in [7, 11) is 1.33. The molecule has 0 aliphatic carbocycles. The van der Waals surface area contributed by atoms with Crippen molar-refractivity contribution < 1.29 is 13.9 Å². The molecule has 0 aromatic heterocycles. The lowest BCUT2D eigenvalue weighted by Crippen LogP contribution is -2.48. The maximum atomic E-state index is 12.3. The van der Waals surface area contributed by atoms with E-state index >= 15 is 0 Å². The Hall–Kier alpha value is -0.900. The maximum Gasteiger partial charge on any atom is 0.330 e. The van der Waals surface area contributed by atoms with E-state index in [-0.39, 0.29) is 5.97 Å². The molecule has 12 heavy (non-hydrogen) atoms. The van der Waals surface area contributed by atoms with Crippen LogP contribution in [0.4, 0.5) is 4.39 Å². The van der Waals surface area contributed by atoms with Crippen LogP contribution in [0.3, 0.4) is 0 Å². The van der Waals surface area contributed by atoms with Crippen LogP contribution >= 0.6 is 0 Å². The number of carbonyl (C=O) groups is 1. The largest absolute Gasteiger partial charge is 0.466 e.